The van der Waals surface area contributed by atoms with E-state index in [2.05, 4.69) is 0 Å². The van der Waals surface area contributed by atoms with Crippen molar-refractivity contribution < 1.29 is 14.6 Å². The van der Waals surface area contributed by atoms with Gasteiger partial charge in [-0.3, -0.25) is 0 Å². The van der Waals surface area contributed by atoms with Gasteiger partial charge in [-0.25, -0.2) is 0 Å². The van der Waals surface area contributed by atoms with Crippen molar-refractivity contribution in [1.82, 2.24) is 0 Å². The Kier molecular flexibility index (Phi) is 3.13. The minimum Gasteiger partial charge on any atom is -0.497 e. The molecule has 0 aromatic heterocycles. The molecular formula is C16H16O3. The Bertz CT molecular complexity index is 562. The second-order valence-electron chi connectivity index (χ2n) is 4.64. The molecule has 2 aromatic rings. The Morgan fingerprint density at radius 2 is 1.84 bits per heavy atom. The van der Waals surface area contributed by atoms with Crippen LogP contribution in [0.2, 0.25) is 0 Å². The average molecular weight is 256 g/mol. The molecular weight excluding hydrogens is 240 g/mol. The summed E-state index contributed by atoms with van der Waals surface area (Å²) in [6.45, 7) is 0.0771. The summed E-state index contributed by atoms with van der Waals surface area (Å²) < 4.78 is 11.1. The van der Waals surface area contributed by atoms with E-state index >= 15 is 0 Å². The molecule has 0 radical (unpaired) electrons. The summed E-state index contributed by atoms with van der Waals surface area (Å²) in [5.41, 5.74) is 2.13. The summed E-state index contributed by atoms with van der Waals surface area (Å²) in [4.78, 5) is 0. The molecule has 1 aliphatic rings. The number of ether oxygens (including phenoxy) is 2. The van der Waals surface area contributed by atoms with Crippen LogP contribution < -0.4 is 9.47 Å². The summed E-state index contributed by atoms with van der Waals surface area (Å²) >= 11 is 0. The van der Waals surface area contributed by atoms with Gasteiger partial charge in [0.2, 0.25) is 0 Å². The van der Waals surface area contributed by atoms with Gasteiger partial charge in [0.15, 0.2) is 0 Å². The number of benzene rings is 2. The number of aliphatic hydroxyl groups excluding tert-OH is 1. The largest absolute Gasteiger partial charge is 0.497 e. The average Bonchev–Trinajstić information content (AvgIpc) is 2.85. The molecule has 2 atom stereocenters. The molecule has 0 amide bonds. The summed E-state index contributed by atoms with van der Waals surface area (Å²) in [6, 6.07) is 15.7. The van der Waals surface area contributed by atoms with E-state index in [4.69, 9.17) is 9.47 Å². The summed E-state index contributed by atoms with van der Waals surface area (Å²) in [7, 11) is 1.65. The van der Waals surface area contributed by atoms with Crippen LogP contribution >= 0.6 is 0 Å². The molecule has 1 heterocycles. The van der Waals surface area contributed by atoms with E-state index in [0.29, 0.717) is 0 Å². The zero-order valence-corrected chi connectivity index (χ0v) is 10.7. The molecule has 0 saturated carbocycles. The van der Waals surface area contributed by atoms with Crippen LogP contribution in [0.25, 0.3) is 0 Å². The first kappa shape index (κ1) is 12.1. The highest BCUT2D eigenvalue weighted by Crippen LogP contribution is 2.45. The van der Waals surface area contributed by atoms with Gasteiger partial charge in [0.1, 0.15) is 17.6 Å². The third-order valence-corrected chi connectivity index (χ3v) is 3.58. The summed E-state index contributed by atoms with van der Waals surface area (Å²) in [5.74, 6) is 1.67. The molecule has 0 aliphatic carbocycles. The second kappa shape index (κ2) is 4.94. The maximum absolute atomic E-state index is 9.64. The van der Waals surface area contributed by atoms with Crippen molar-refractivity contribution in [1.29, 1.82) is 0 Å². The number of fused-ring (bicyclic) bond motifs is 1. The van der Waals surface area contributed by atoms with Crippen molar-refractivity contribution >= 4 is 0 Å². The van der Waals surface area contributed by atoms with E-state index in [0.717, 1.165) is 22.6 Å². The quantitative estimate of drug-likeness (QED) is 0.917. The van der Waals surface area contributed by atoms with Crippen LogP contribution in [0.1, 0.15) is 23.1 Å². The topological polar surface area (TPSA) is 38.7 Å². The second-order valence-corrected chi connectivity index (χ2v) is 4.64. The van der Waals surface area contributed by atoms with Gasteiger partial charge in [0, 0.05) is 5.56 Å². The molecule has 0 fully saturated rings. The van der Waals surface area contributed by atoms with Gasteiger partial charge in [0.25, 0.3) is 0 Å². The molecule has 0 saturated heterocycles. The standard InChI is InChI=1S/C16H16O3/c1-18-12-8-6-11(7-9-12)16-14(10-17)13-4-2-3-5-15(13)19-16/h2-9,14,16-17H,10H2,1H3/t14-,16+/m0/s1. The number of aliphatic hydroxyl groups is 1. The van der Waals surface area contributed by atoms with E-state index in [1.165, 1.54) is 0 Å². The van der Waals surface area contributed by atoms with E-state index in [1.807, 2.05) is 48.5 Å². The van der Waals surface area contributed by atoms with Gasteiger partial charge in [-0.1, -0.05) is 30.3 Å². The molecule has 0 bridgehead atoms. The third-order valence-electron chi connectivity index (χ3n) is 3.58. The van der Waals surface area contributed by atoms with Crippen molar-refractivity contribution in [3.63, 3.8) is 0 Å². The van der Waals surface area contributed by atoms with Crippen molar-refractivity contribution in [2.24, 2.45) is 0 Å². The number of para-hydroxylation sites is 1. The Morgan fingerprint density at radius 1 is 1.11 bits per heavy atom. The number of hydrogen-bond donors (Lipinski definition) is 1. The fourth-order valence-electron chi connectivity index (χ4n) is 2.56. The van der Waals surface area contributed by atoms with E-state index in [9.17, 15) is 5.11 Å². The van der Waals surface area contributed by atoms with Gasteiger partial charge in [-0.15, -0.1) is 0 Å². The molecule has 1 aliphatic heterocycles. The highest BCUT2D eigenvalue weighted by Gasteiger charge is 2.34. The SMILES string of the molecule is COc1ccc([C@H]2Oc3ccccc3[C@@H]2CO)cc1. The van der Waals surface area contributed by atoms with Gasteiger partial charge >= 0.3 is 0 Å². The molecule has 98 valence electrons. The van der Waals surface area contributed by atoms with Crippen molar-refractivity contribution in [3.05, 3.63) is 59.7 Å². The number of methoxy groups -OCH3 is 1. The molecule has 2 aromatic carbocycles. The lowest BCUT2D eigenvalue weighted by Gasteiger charge is -2.17. The number of hydrogen-bond acceptors (Lipinski definition) is 3. The summed E-state index contributed by atoms with van der Waals surface area (Å²) in [6.07, 6.45) is -0.131. The van der Waals surface area contributed by atoms with Crippen LogP contribution in [0, 0.1) is 0 Å². The Morgan fingerprint density at radius 3 is 2.53 bits per heavy atom. The highest BCUT2D eigenvalue weighted by molar-refractivity contribution is 5.44. The Balaban J connectivity index is 1.93. The molecule has 1 N–H and O–H groups in total. The van der Waals surface area contributed by atoms with E-state index < -0.39 is 0 Å². The Hall–Kier alpha value is -2.00. The van der Waals surface area contributed by atoms with Gasteiger partial charge in [0.05, 0.1) is 19.6 Å². The van der Waals surface area contributed by atoms with Crippen LogP contribution in [0.4, 0.5) is 0 Å². The zero-order chi connectivity index (χ0) is 13.2. The van der Waals surface area contributed by atoms with Crippen molar-refractivity contribution in [3.8, 4) is 11.5 Å². The smallest absolute Gasteiger partial charge is 0.133 e. The lowest BCUT2D eigenvalue weighted by Crippen LogP contribution is -2.13. The molecule has 3 heteroatoms. The van der Waals surface area contributed by atoms with Gasteiger partial charge < -0.3 is 14.6 Å². The van der Waals surface area contributed by atoms with Crippen LogP contribution in [0.3, 0.4) is 0 Å². The van der Waals surface area contributed by atoms with Crippen molar-refractivity contribution in [2.45, 2.75) is 12.0 Å². The minimum atomic E-state index is -0.131. The fraction of sp³-hybridized carbons (Fsp3) is 0.250. The predicted octanol–water partition coefficient (Wildman–Crippen LogP) is 2.90. The molecule has 3 rings (SSSR count). The van der Waals surface area contributed by atoms with Crippen LogP contribution in [0.15, 0.2) is 48.5 Å². The normalized spacial score (nSPS) is 20.7. The van der Waals surface area contributed by atoms with E-state index in [1.54, 1.807) is 7.11 Å². The zero-order valence-electron chi connectivity index (χ0n) is 10.7. The first-order chi connectivity index (χ1) is 9.33. The molecule has 0 spiro atoms. The van der Waals surface area contributed by atoms with Crippen molar-refractivity contribution in [2.75, 3.05) is 13.7 Å². The maximum Gasteiger partial charge on any atom is 0.133 e. The molecule has 0 unspecified atom stereocenters. The lowest BCUT2D eigenvalue weighted by atomic mass is 9.92. The highest BCUT2D eigenvalue weighted by atomic mass is 16.5. The Labute approximate surface area is 112 Å². The molecule has 19 heavy (non-hydrogen) atoms. The van der Waals surface area contributed by atoms with Crippen LogP contribution in [-0.4, -0.2) is 18.8 Å². The van der Waals surface area contributed by atoms with E-state index in [-0.39, 0.29) is 18.6 Å². The maximum atomic E-state index is 9.64. The number of rotatable bonds is 3. The third kappa shape index (κ3) is 2.06. The van der Waals surface area contributed by atoms with Gasteiger partial charge in [-0.2, -0.15) is 0 Å². The predicted molar refractivity (Wildman–Crippen MR) is 72.6 cm³/mol. The lowest BCUT2D eigenvalue weighted by molar-refractivity contribution is 0.160. The van der Waals surface area contributed by atoms with Crippen LogP contribution in [0.5, 0.6) is 11.5 Å². The fourth-order valence-corrected chi connectivity index (χ4v) is 2.56. The monoisotopic (exact) mass is 256 g/mol. The van der Waals surface area contributed by atoms with Crippen LogP contribution in [-0.2, 0) is 0 Å². The first-order valence-electron chi connectivity index (χ1n) is 6.34. The van der Waals surface area contributed by atoms with Gasteiger partial charge in [-0.05, 0) is 23.8 Å². The minimum absolute atomic E-state index is 0.00963. The summed E-state index contributed by atoms with van der Waals surface area (Å²) in [5, 5.41) is 9.64. The first-order valence-corrected chi connectivity index (χ1v) is 6.34. The molecule has 3 nitrogen and oxygen atoms in total.